The molecular weight excluding hydrogens is 371 g/mol. The number of nitrogens with zero attached hydrogens (tertiary/aromatic N) is 3. The molecule has 0 saturated carbocycles. The molecule has 3 rings (SSSR count). The number of para-hydroxylation sites is 1. The lowest BCUT2D eigenvalue weighted by molar-refractivity contribution is -0.118. The molecule has 2 aromatic carbocycles. The van der Waals surface area contributed by atoms with Crippen molar-refractivity contribution in [3.05, 3.63) is 77.7 Å². The summed E-state index contributed by atoms with van der Waals surface area (Å²) >= 11 is 0. The summed E-state index contributed by atoms with van der Waals surface area (Å²) in [6.07, 6.45) is 0. The predicted octanol–water partition coefficient (Wildman–Crippen LogP) is 3.88. The molecule has 29 heavy (non-hydrogen) atoms. The minimum absolute atomic E-state index is 0.172. The van der Waals surface area contributed by atoms with Crippen molar-refractivity contribution >= 4 is 17.6 Å². The van der Waals surface area contributed by atoms with Crippen molar-refractivity contribution in [1.29, 1.82) is 0 Å². The summed E-state index contributed by atoms with van der Waals surface area (Å²) in [5, 5.41) is 7.23. The molecule has 2 amide bonds. The number of aromatic nitrogens is 2. The van der Waals surface area contributed by atoms with Gasteiger partial charge >= 0.3 is 0 Å². The van der Waals surface area contributed by atoms with E-state index in [9.17, 15) is 14.0 Å². The average Bonchev–Trinajstić information content (AvgIpc) is 3.11. The molecular formula is C22H23FN4O2. The maximum absolute atomic E-state index is 13.4. The van der Waals surface area contributed by atoms with E-state index in [1.165, 1.54) is 21.7 Å². The molecule has 0 aliphatic carbocycles. The van der Waals surface area contributed by atoms with E-state index in [0.717, 1.165) is 5.69 Å². The summed E-state index contributed by atoms with van der Waals surface area (Å²) in [6.45, 7) is 3.82. The lowest BCUT2D eigenvalue weighted by atomic mass is 10.2. The number of amides is 2. The number of anilines is 1. The minimum atomic E-state index is -0.351. The van der Waals surface area contributed by atoms with E-state index in [1.54, 1.807) is 39.1 Å². The zero-order valence-corrected chi connectivity index (χ0v) is 16.6. The van der Waals surface area contributed by atoms with Gasteiger partial charge in [-0.05, 0) is 29.8 Å². The zero-order valence-electron chi connectivity index (χ0n) is 16.6. The Balaban J connectivity index is 1.89. The predicted molar refractivity (Wildman–Crippen MR) is 109 cm³/mol. The van der Waals surface area contributed by atoms with Crippen LogP contribution in [-0.2, 0) is 11.3 Å². The van der Waals surface area contributed by atoms with Gasteiger partial charge in [-0.3, -0.25) is 9.59 Å². The summed E-state index contributed by atoms with van der Waals surface area (Å²) < 4.78 is 14.9. The fourth-order valence-electron chi connectivity index (χ4n) is 2.79. The first-order valence-electron chi connectivity index (χ1n) is 9.31. The molecule has 1 aromatic heterocycles. The van der Waals surface area contributed by atoms with E-state index in [-0.39, 0.29) is 35.8 Å². The number of nitrogens with one attached hydrogen (secondary N) is 1. The van der Waals surface area contributed by atoms with Crippen molar-refractivity contribution in [3.8, 4) is 5.69 Å². The number of carbonyl (C=O) groups is 2. The van der Waals surface area contributed by atoms with E-state index < -0.39 is 0 Å². The Bertz CT molecular complexity index is 1010. The molecule has 0 bridgehead atoms. The molecule has 7 heteroatoms. The molecule has 3 aromatic rings. The third-order valence-electron chi connectivity index (χ3n) is 4.36. The largest absolute Gasteiger partial charge is 0.336 e. The Morgan fingerprint density at radius 3 is 2.48 bits per heavy atom. The first-order valence-corrected chi connectivity index (χ1v) is 9.31. The molecule has 0 atom stereocenters. The SMILES string of the molecule is CC(C)C(=O)Nc1cc(C(=O)N(C)Cc2cccc(F)c2)nn1-c1ccccc1. The van der Waals surface area contributed by atoms with Crippen molar-refractivity contribution in [2.75, 3.05) is 12.4 Å². The van der Waals surface area contributed by atoms with Gasteiger partial charge in [0.25, 0.3) is 5.91 Å². The van der Waals surface area contributed by atoms with Gasteiger partial charge in [-0.15, -0.1) is 0 Å². The van der Waals surface area contributed by atoms with Crippen LogP contribution in [0.15, 0.2) is 60.7 Å². The van der Waals surface area contributed by atoms with Crippen LogP contribution in [0.4, 0.5) is 10.2 Å². The summed E-state index contributed by atoms with van der Waals surface area (Å²) in [5.74, 6) is -0.657. The van der Waals surface area contributed by atoms with E-state index >= 15 is 0 Å². The summed E-state index contributed by atoms with van der Waals surface area (Å²) in [4.78, 5) is 26.6. The van der Waals surface area contributed by atoms with Gasteiger partial charge in [0.1, 0.15) is 11.6 Å². The third kappa shape index (κ3) is 4.87. The van der Waals surface area contributed by atoms with Crippen LogP contribution in [0.5, 0.6) is 0 Å². The van der Waals surface area contributed by atoms with Crippen LogP contribution in [0.1, 0.15) is 29.9 Å². The molecule has 0 aliphatic rings. The molecule has 1 heterocycles. The molecule has 1 N–H and O–H groups in total. The van der Waals surface area contributed by atoms with Crippen LogP contribution >= 0.6 is 0 Å². The number of hydrogen-bond donors (Lipinski definition) is 1. The maximum atomic E-state index is 13.4. The highest BCUT2D eigenvalue weighted by Gasteiger charge is 2.21. The number of carbonyl (C=O) groups excluding carboxylic acids is 2. The average molecular weight is 394 g/mol. The first-order chi connectivity index (χ1) is 13.8. The summed E-state index contributed by atoms with van der Waals surface area (Å²) in [6, 6.07) is 16.9. The second-order valence-corrected chi connectivity index (χ2v) is 7.10. The highest BCUT2D eigenvalue weighted by Crippen LogP contribution is 2.19. The Kier molecular flexibility index (Phi) is 6.07. The van der Waals surface area contributed by atoms with Gasteiger partial charge < -0.3 is 10.2 Å². The van der Waals surface area contributed by atoms with E-state index in [0.29, 0.717) is 11.4 Å². The van der Waals surface area contributed by atoms with Crippen molar-refractivity contribution in [2.45, 2.75) is 20.4 Å². The number of hydrogen-bond acceptors (Lipinski definition) is 3. The standard InChI is InChI=1S/C22H23FN4O2/c1-15(2)21(28)24-20-13-19(25-27(20)18-10-5-4-6-11-18)22(29)26(3)14-16-8-7-9-17(23)12-16/h4-13,15H,14H2,1-3H3,(H,24,28). The van der Waals surface area contributed by atoms with Gasteiger partial charge in [-0.2, -0.15) is 5.10 Å². The minimum Gasteiger partial charge on any atom is -0.336 e. The Morgan fingerprint density at radius 1 is 1.10 bits per heavy atom. The topological polar surface area (TPSA) is 67.2 Å². The lowest BCUT2D eigenvalue weighted by Gasteiger charge is -2.15. The van der Waals surface area contributed by atoms with Crippen LogP contribution in [-0.4, -0.2) is 33.5 Å². The number of benzene rings is 2. The van der Waals surface area contributed by atoms with Crippen molar-refractivity contribution in [2.24, 2.45) is 5.92 Å². The van der Waals surface area contributed by atoms with E-state index in [4.69, 9.17) is 0 Å². The molecule has 0 saturated heterocycles. The Morgan fingerprint density at radius 2 is 1.83 bits per heavy atom. The fourth-order valence-corrected chi connectivity index (χ4v) is 2.79. The maximum Gasteiger partial charge on any atom is 0.274 e. The Labute approximate surface area is 169 Å². The van der Waals surface area contributed by atoms with Crippen molar-refractivity contribution in [1.82, 2.24) is 14.7 Å². The van der Waals surface area contributed by atoms with E-state index in [2.05, 4.69) is 10.4 Å². The van der Waals surface area contributed by atoms with Gasteiger partial charge in [-0.25, -0.2) is 9.07 Å². The first kappa shape index (κ1) is 20.3. The summed E-state index contributed by atoms with van der Waals surface area (Å²) in [7, 11) is 1.63. The second-order valence-electron chi connectivity index (χ2n) is 7.10. The quantitative estimate of drug-likeness (QED) is 0.690. The Hall–Kier alpha value is -3.48. The van der Waals surface area contributed by atoms with Gasteiger partial charge in [0, 0.05) is 25.6 Å². The van der Waals surface area contributed by atoms with Gasteiger partial charge in [0.2, 0.25) is 5.91 Å². The fraction of sp³-hybridized carbons (Fsp3) is 0.227. The van der Waals surface area contributed by atoms with Gasteiger partial charge in [-0.1, -0.05) is 44.2 Å². The zero-order chi connectivity index (χ0) is 21.0. The molecule has 6 nitrogen and oxygen atoms in total. The van der Waals surface area contributed by atoms with Crippen LogP contribution in [0.3, 0.4) is 0 Å². The number of halogens is 1. The van der Waals surface area contributed by atoms with Crippen molar-refractivity contribution < 1.29 is 14.0 Å². The molecule has 0 unspecified atom stereocenters. The number of rotatable bonds is 6. The van der Waals surface area contributed by atoms with Crippen molar-refractivity contribution in [3.63, 3.8) is 0 Å². The van der Waals surface area contributed by atoms with E-state index in [1.807, 2.05) is 30.3 Å². The molecule has 150 valence electrons. The smallest absolute Gasteiger partial charge is 0.274 e. The van der Waals surface area contributed by atoms with Gasteiger partial charge in [0.15, 0.2) is 5.69 Å². The van der Waals surface area contributed by atoms with Crippen LogP contribution in [0.25, 0.3) is 5.69 Å². The monoisotopic (exact) mass is 394 g/mol. The van der Waals surface area contributed by atoms with Crippen LogP contribution < -0.4 is 5.32 Å². The van der Waals surface area contributed by atoms with Crippen LogP contribution in [0.2, 0.25) is 0 Å². The molecule has 0 spiro atoms. The third-order valence-corrected chi connectivity index (χ3v) is 4.36. The molecule has 0 fully saturated rings. The van der Waals surface area contributed by atoms with Crippen LogP contribution in [0, 0.1) is 11.7 Å². The lowest BCUT2D eigenvalue weighted by Crippen LogP contribution is -2.26. The van der Waals surface area contributed by atoms with Gasteiger partial charge in [0.05, 0.1) is 5.69 Å². The molecule has 0 aliphatic heterocycles. The molecule has 0 radical (unpaired) electrons. The highest BCUT2D eigenvalue weighted by molar-refractivity contribution is 5.96. The summed E-state index contributed by atoms with van der Waals surface area (Å²) in [5.41, 5.74) is 1.59. The second kappa shape index (κ2) is 8.68. The normalized spacial score (nSPS) is 10.8. The highest BCUT2D eigenvalue weighted by atomic mass is 19.1.